The minimum atomic E-state index is -0.236. The van der Waals surface area contributed by atoms with Gasteiger partial charge in [-0.1, -0.05) is 13.8 Å². The molecule has 0 aliphatic carbocycles. The molecule has 1 atom stereocenters. The van der Waals surface area contributed by atoms with Gasteiger partial charge in [0.05, 0.1) is 6.04 Å². The topological polar surface area (TPSA) is 61.4 Å². The second kappa shape index (κ2) is 6.86. The molecule has 0 aliphatic rings. The van der Waals surface area contributed by atoms with Crippen LogP contribution in [0.4, 0.5) is 0 Å². The van der Waals surface area contributed by atoms with E-state index in [1.807, 2.05) is 20.8 Å². The van der Waals surface area contributed by atoms with Crippen LogP contribution in [0.25, 0.3) is 0 Å². The molecule has 0 saturated carbocycles. The van der Waals surface area contributed by atoms with Crippen molar-refractivity contribution in [3.63, 3.8) is 0 Å². The van der Waals surface area contributed by atoms with E-state index in [0.29, 0.717) is 18.9 Å². The molecule has 1 unspecified atom stereocenters. The molecule has 0 bridgehead atoms. The zero-order chi connectivity index (χ0) is 12.8. The molecule has 1 amide bonds. The maximum atomic E-state index is 11.7. The largest absolute Gasteiger partial charge is 0.396 e. The van der Waals surface area contributed by atoms with Crippen molar-refractivity contribution < 1.29 is 9.90 Å². The van der Waals surface area contributed by atoms with Gasteiger partial charge in [-0.3, -0.25) is 4.79 Å². The number of aliphatic hydroxyl groups is 1. The molecule has 0 aromatic heterocycles. The average Bonchev–Trinajstić information content (AvgIpc) is 2.12. The number of amides is 1. The van der Waals surface area contributed by atoms with Crippen molar-refractivity contribution in [3.8, 4) is 0 Å². The second-order valence-electron chi connectivity index (χ2n) is 5.36. The Kier molecular flexibility index (Phi) is 6.60. The van der Waals surface area contributed by atoms with Crippen molar-refractivity contribution in [2.24, 2.45) is 5.92 Å². The molecule has 0 rings (SSSR count). The highest BCUT2D eigenvalue weighted by atomic mass is 16.3. The van der Waals surface area contributed by atoms with Gasteiger partial charge in [0.2, 0.25) is 5.91 Å². The molecular formula is C12H26N2O2. The van der Waals surface area contributed by atoms with E-state index in [-0.39, 0.29) is 24.1 Å². The Morgan fingerprint density at radius 1 is 1.31 bits per heavy atom. The smallest absolute Gasteiger partial charge is 0.236 e. The van der Waals surface area contributed by atoms with Gasteiger partial charge in [-0.2, -0.15) is 0 Å². The van der Waals surface area contributed by atoms with Crippen LogP contribution in [0.5, 0.6) is 0 Å². The van der Waals surface area contributed by atoms with Crippen LogP contribution in [0.2, 0.25) is 0 Å². The van der Waals surface area contributed by atoms with Gasteiger partial charge in [0.25, 0.3) is 0 Å². The van der Waals surface area contributed by atoms with Gasteiger partial charge < -0.3 is 15.7 Å². The van der Waals surface area contributed by atoms with E-state index in [0.717, 1.165) is 0 Å². The third-order valence-electron chi connectivity index (χ3n) is 2.42. The Labute approximate surface area is 98.8 Å². The quantitative estimate of drug-likeness (QED) is 0.609. The maximum Gasteiger partial charge on any atom is 0.236 e. The minimum absolute atomic E-state index is 0.0136. The van der Waals surface area contributed by atoms with Crippen molar-refractivity contribution in [1.29, 1.82) is 0 Å². The van der Waals surface area contributed by atoms with Crippen molar-refractivity contribution in [2.75, 3.05) is 13.2 Å². The van der Waals surface area contributed by atoms with Crippen LogP contribution < -0.4 is 10.6 Å². The van der Waals surface area contributed by atoms with Crippen LogP contribution in [0, 0.1) is 5.92 Å². The minimum Gasteiger partial charge on any atom is -0.396 e. The Morgan fingerprint density at radius 3 is 2.31 bits per heavy atom. The molecule has 0 aromatic rings. The Balaban J connectivity index is 4.04. The van der Waals surface area contributed by atoms with E-state index >= 15 is 0 Å². The van der Waals surface area contributed by atoms with Gasteiger partial charge in [-0.25, -0.2) is 0 Å². The Bertz CT molecular complexity index is 215. The number of carbonyl (C=O) groups excluding carboxylic acids is 1. The van der Waals surface area contributed by atoms with Crippen molar-refractivity contribution in [1.82, 2.24) is 10.6 Å². The summed E-state index contributed by atoms with van der Waals surface area (Å²) in [6.07, 6.45) is 0.634. The second-order valence-corrected chi connectivity index (χ2v) is 5.36. The lowest BCUT2D eigenvalue weighted by molar-refractivity contribution is -0.123. The number of hydrogen-bond donors (Lipinski definition) is 3. The van der Waals surface area contributed by atoms with Crippen LogP contribution in [0.3, 0.4) is 0 Å². The third-order valence-corrected chi connectivity index (χ3v) is 2.42. The summed E-state index contributed by atoms with van der Waals surface area (Å²) in [7, 11) is 0. The van der Waals surface area contributed by atoms with Crippen LogP contribution in [0.1, 0.15) is 41.0 Å². The van der Waals surface area contributed by atoms with E-state index in [1.54, 1.807) is 0 Å². The summed E-state index contributed by atoms with van der Waals surface area (Å²) in [4.78, 5) is 11.7. The van der Waals surface area contributed by atoms with Gasteiger partial charge in [0.15, 0.2) is 0 Å². The summed E-state index contributed by atoms with van der Waals surface area (Å²) in [6, 6.07) is -0.236. The fourth-order valence-corrected chi connectivity index (χ4v) is 1.46. The summed E-state index contributed by atoms with van der Waals surface area (Å²) >= 11 is 0. The van der Waals surface area contributed by atoms with Gasteiger partial charge >= 0.3 is 0 Å². The summed E-state index contributed by atoms with van der Waals surface area (Å²) < 4.78 is 0. The summed E-state index contributed by atoms with van der Waals surface area (Å²) in [5.41, 5.74) is -0.219. The van der Waals surface area contributed by atoms with E-state index in [4.69, 9.17) is 5.11 Å². The average molecular weight is 230 g/mol. The van der Waals surface area contributed by atoms with Gasteiger partial charge in [0.1, 0.15) is 0 Å². The lowest BCUT2D eigenvalue weighted by Crippen LogP contribution is -2.52. The van der Waals surface area contributed by atoms with E-state index in [9.17, 15) is 4.79 Å². The number of hydrogen-bond acceptors (Lipinski definition) is 3. The fourth-order valence-electron chi connectivity index (χ4n) is 1.46. The first kappa shape index (κ1) is 15.4. The molecule has 96 valence electrons. The fraction of sp³-hybridized carbons (Fsp3) is 0.917. The molecule has 0 fully saturated rings. The molecule has 0 saturated heterocycles. The molecule has 16 heavy (non-hydrogen) atoms. The SMILES string of the molecule is CC(C)CNC(=O)C(C)NC(C)(C)CCO. The van der Waals surface area contributed by atoms with Crippen molar-refractivity contribution in [2.45, 2.75) is 52.6 Å². The van der Waals surface area contributed by atoms with Gasteiger partial charge in [-0.05, 0) is 33.1 Å². The van der Waals surface area contributed by atoms with Gasteiger partial charge in [-0.15, -0.1) is 0 Å². The standard InChI is InChI=1S/C12H26N2O2/c1-9(2)8-13-11(16)10(3)14-12(4,5)6-7-15/h9-10,14-15H,6-8H2,1-5H3,(H,13,16). The number of rotatable bonds is 7. The normalized spacial score (nSPS) is 13.9. The molecule has 4 heteroatoms. The molecule has 4 nitrogen and oxygen atoms in total. The monoisotopic (exact) mass is 230 g/mol. The first-order valence-electron chi connectivity index (χ1n) is 5.95. The molecule has 0 heterocycles. The first-order valence-corrected chi connectivity index (χ1v) is 5.95. The number of aliphatic hydroxyl groups excluding tert-OH is 1. The third kappa shape index (κ3) is 6.80. The van der Waals surface area contributed by atoms with Crippen LogP contribution in [-0.2, 0) is 4.79 Å². The van der Waals surface area contributed by atoms with Crippen molar-refractivity contribution >= 4 is 5.91 Å². The van der Waals surface area contributed by atoms with E-state index in [2.05, 4.69) is 24.5 Å². The number of carbonyl (C=O) groups is 1. The number of nitrogens with one attached hydrogen (secondary N) is 2. The lowest BCUT2D eigenvalue weighted by Gasteiger charge is -2.29. The summed E-state index contributed by atoms with van der Waals surface area (Å²) in [5.74, 6) is 0.473. The predicted molar refractivity (Wildman–Crippen MR) is 66.2 cm³/mol. The molecule has 0 spiro atoms. The highest BCUT2D eigenvalue weighted by Gasteiger charge is 2.22. The molecule has 0 radical (unpaired) electrons. The summed E-state index contributed by atoms with van der Waals surface area (Å²) in [6.45, 7) is 10.8. The van der Waals surface area contributed by atoms with Crippen LogP contribution in [0.15, 0.2) is 0 Å². The molecule has 0 aliphatic heterocycles. The zero-order valence-corrected chi connectivity index (χ0v) is 11.1. The summed E-state index contributed by atoms with van der Waals surface area (Å²) in [5, 5.41) is 15.0. The molecule has 0 aromatic carbocycles. The van der Waals surface area contributed by atoms with Crippen LogP contribution in [-0.4, -0.2) is 35.7 Å². The maximum absolute atomic E-state index is 11.7. The zero-order valence-electron chi connectivity index (χ0n) is 11.1. The predicted octanol–water partition coefficient (Wildman–Crippen LogP) is 0.898. The Hall–Kier alpha value is -0.610. The highest BCUT2D eigenvalue weighted by molar-refractivity contribution is 5.81. The van der Waals surface area contributed by atoms with Crippen molar-refractivity contribution in [3.05, 3.63) is 0 Å². The van der Waals surface area contributed by atoms with Gasteiger partial charge in [0, 0.05) is 18.7 Å². The highest BCUT2D eigenvalue weighted by Crippen LogP contribution is 2.08. The first-order chi connectivity index (χ1) is 7.28. The lowest BCUT2D eigenvalue weighted by atomic mass is 10.00. The van der Waals surface area contributed by atoms with E-state index < -0.39 is 0 Å². The van der Waals surface area contributed by atoms with Crippen LogP contribution >= 0.6 is 0 Å². The molecule has 3 N–H and O–H groups in total. The van der Waals surface area contributed by atoms with E-state index in [1.165, 1.54) is 0 Å². The molecular weight excluding hydrogens is 204 g/mol. The Morgan fingerprint density at radius 2 is 1.88 bits per heavy atom.